The van der Waals surface area contributed by atoms with E-state index >= 15 is 0 Å². The SMILES string of the molecule is COCC(=O)N1C2CCC1c1c(nc(N(C)C)nc1Nc1ccccc1)C2. The highest BCUT2D eigenvalue weighted by Gasteiger charge is 2.44. The number of hydrogen-bond donors (Lipinski definition) is 1. The van der Waals surface area contributed by atoms with Gasteiger partial charge in [0.2, 0.25) is 11.9 Å². The number of rotatable bonds is 5. The van der Waals surface area contributed by atoms with Crippen LogP contribution >= 0.6 is 0 Å². The van der Waals surface area contributed by atoms with Crippen LogP contribution in [0.1, 0.15) is 30.1 Å². The first-order valence-corrected chi connectivity index (χ1v) is 9.28. The number of ether oxygens (including phenoxy) is 1. The first-order chi connectivity index (χ1) is 13.1. The molecule has 1 amide bonds. The van der Waals surface area contributed by atoms with E-state index in [0.29, 0.717) is 5.95 Å². The number of carbonyl (C=O) groups excluding carboxylic acids is 1. The molecular formula is C20H25N5O2. The second kappa shape index (κ2) is 7.15. The van der Waals surface area contributed by atoms with E-state index < -0.39 is 0 Å². The number of hydrogen-bond acceptors (Lipinski definition) is 6. The number of aromatic nitrogens is 2. The molecule has 2 aliphatic heterocycles. The van der Waals surface area contributed by atoms with Crippen LogP contribution in [0.5, 0.6) is 0 Å². The zero-order valence-corrected chi connectivity index (χ0v) is 16.0. The molecule has 0 radical (unpaired) electrons. The van der Waals surface area contributed by atoms with Crippen molar-refractivity contribution >= 4 is 23.4 Å². The zero-order chi connectivity index (χ0) is 19.0. The molecule has 2 unspecified atom stereocenters. The fourth-order valence-electron chi connectivity index (χ4n) is 4.13. The van der Waals surface area contributed by atoms with Gasteiger partial charge in [-0.1, -0.05) is 18.2 Å². The summed E-state index contributed by atoms with van der Waals surface area (Å²) in [6, 6.07) is 10.2. The maximum absolute atomic E-state index is 12.6. The summed E-state index contributed by atoms with van der Waals surface area (Å²) in [5, 5.41) is 3.45. The lowest BCUT2D eigenvalue weighted by atomic mass is 9.97. The number of methoxy groups -OCH3 is 1. The van der Waals surface area contributed by atoms with Crippen molar-refractivity contribution in [3.63, 3.8) is 0 Å². The average molecular weight is 367 g/mol. The molecule has 3 heterocycles. The van der Waals surface area contributed by atoms with Crippen LogP contribution in [0.3, 0.4) is 0 Å². The van der Waals surface area contributed by atoms with Crippen molar-refractivity contribution in [3.05, 3.63) is 41.6 Å². The minimum Gasteiger partial charge on any atom is -0.375 e. The predicted molar refractivity (Wildman–Crippen MR) is 104 cm³/mol. The highest BCUT2D eigenvalue weighted by Crippen LogP contribution is 2.46. The Bertz CT molecular complexity index is 840. The van der Waals surface area contributed by atoms with Gasteiger partial charge in [0.25, 0.3) is 0 Å². The number of carbonyl (C=O) groups is 1. The minimum atomic E-state index is 0.00354. The minimum absolute atomic E-state index is 0.00354. The molecule has 2 atom stereocenters. The predicted octanol–water partition coefficient (Wildman–Crippen LogP) is 2.52. The Morgan fingerprint density at radius 2 is 2.04 bits per heavy atom. The molecule has 1 saturated heterocycles. The van der Waals surface area contributed by atoms with Crippen LogP contribution in [0.15, 0.2) is 30.3 Å². The fourth-order valence-corrected chi connectivity index (χ4v) is 4.13. The number of amides is 1. The largest absolute Gasteiger partial charge is 0.375 e. The molecule has 1 fully saturated rings. The number of para-hydroxylation sites is 1. The number of nitrogens with zero attached hydrogens (tertiary/aromatic N) is 4. The van der Waals surface area contributed by atoms with Gasteiger partial charge < -0.3 is 19.9 Å². The highest BCUT2D eigenvalue weighted by atomic mass is 16.5. The molecule has 4 rings (SSSR count). The summed E-state index contributed by atoms with van der Waals surface area (Å²) in [5.74, 6) is 1.51. The van der Waals surface area contributed by atoms with Gasteiger partial charge in [0.1, 0.15) is 12.4 Å². The van der Waals surface area contributed by atoms with Crippen LogP contribution in [0.4, 0.5) is 17.5 Å². The third kappa shape index (κ3) is 3.23. The van der Waals surface area contributed by atoms with Crippen molar-refractivity contribution in [1.82, 2.24) is 14.9 Å². The van der Waals surface area contributed by atoms with Crippen molar-refractivity contribution in [2.45, 2.75) is 31.3 Å². The van der Waals surface area contributed by atoms with E-state index in [2.05, 4.69) is 5.32 Å². The lowest BCUT2D eigenvalue weighted by molar-refractivity contribution is -0.138. The summed E-state index contributed by atoms with van der Waals surface area (Å²) in [7, 11) is 5.45. The zero-order valence-electron chi connectivity index (χ0n) is 16.0. The van der Waals surface area contributed by atoms with Crippen LogP contribution in [0.25, 0.3) is 0 Å². The Hall–Kier alpha value is -2.67. The molecule has 1 aromatic carbocycles. The van der Waals surface area contributed by atoms with Crippen molar-refractivity contribution < 1.29 is 9.53 Å². The molecule has 2 aromatic rings. The van der Waals surface area contributed by atoms with Crippen molar-refractivity contribution in [3.8, 4) is 0 Å². The smallest absolute Gasteiger partial charge is 0.249 e. The second-order valence-electron chi connectivity index (χ2n) is 7.30. The molecule has 142 valence electrons. The standard InChI is InChI=1S/C20H25N5O2/c1-24(2)20-22-15-11-14-9-10-16(25(14)17(26)12-27-3)18(15)19(23-20)21-13-7-5-4-6-8-13/h4-8,14,16H,9-12H2,1-3H3,(H,21,22,23). The van der Waals surface area contributed by atoms with Gasteiger partial charge in [-0.25, -0.2) is 4.98 Å². The Morgan fingerprint density at radius 3 is 2.74 bits per heavy atom. The highest BCUT2D eigenvalue weighted by molar-refractivity contribution is 5.80. The number of benzene rings is 1. The summed E-state index contributed by atoms with van der Waals surface area (Å²) in [6.45, 7) is 0.112. The van der Waals surface area contributed by atoms with Crippen LogP contribution in [0.2, 0.25) is 0 Å². The van der Waals surface area contributed by atoms with Gasteiger partial charge >= 0.3 is 0 Å². The maximum Gasteiger partial charge on any atom is 0.249 e. The van der Waals surface area contributed by atoms with Crippen molar-refractivity contribution in [2.75, 3.05) is 38.0 Å². The van der Waals surface area contributed by atoms with Gasteiger partial charge in [-0.05, 0) is 25.0 Å². The van der Waals surface area contributed by atoms with E-state index in [1.54, 1.807) is 7.11 Å². The normalized spacial score (nSPS) is 20.3. The van der Waals surface area contributed by atoms with Gasteiger partial charge in [0.05, 0.1) is 11.7 Å². The van der Waals surface area contributed by atoms with E-state index in [9.17, 15) is 4.79 Å². The number of anilines is 3. The summed E-state index contributed by atoms with van der Waals surface area (Å²) in [6.07, 6.45) is 2.67. The monoisotopic (exact) mass is 367 g/mol. The molecule has 2 bridgehead atoms. The Balaban J connectivity index is 1.78. The molecule has 0 saturated carbocycles. The third-order valence-corrected chi connectivity index (χ3v) is 5.27. The second-order valence-corrected chi connectivity index (χ2v) is 7.30. The molecule has 1 aromatic heterocycles. The summed E-state index contributed by atoms with van der Waals surface area (Å²) in [4.78, 5) is 26.1. The lowest BCUT2D eigenvalue weighted by Gasteiger charge is -2.37. The van der Waals surface area contributed by atoms with Crippen LogP contribution in [-0.4, -0.2) is 54.6 Å². The topological polar surface area (TPSA) is 70.6 Å². The Morgan fingerprint density at radius 1 is 1.26 bits per heavy atom. The van der Waals surface area contributed by atoms with E-state index in [0.717, 1.165) is 42.0 Å². The molecule has 27 heavy (non-hydrogen) atoms. The molecule has 1 N–H and O–H groups in total. The van der Waals surface area contributed by atoms with E-state index in [-0.39, 0.29) is 24.6 Å². The molecule has 0 aliphatic carbocycles. The fraction of sp³-hybridized carbons (Fsp3) is 0.450. The number of nitrogens with one attached hydrogen (secondary N) is 1. The summed E-state index contributed by atoms with van der Waals surface area (Å²) >= 11 is 0. The van der Waals surface area contributed by atoms with Crippen LogP contribution < -0.4 is 10.2 Å². The van der Waals surface area contributed by atoms with Gasteiger partial charge in [-0.15, -0.1) is 0 Å². The quantitative estimate of drug-likeness (QED) is 0.876. The lowest BCUT2D eigenvalue weighted by Crippen LogP contribution is -2.44. The first kappa shape index (κ1) is 17.7. The van der Waals surface area contributed by atoms with Gasteiger partial charge in [-0.3, -0.25) is 4.79 Å². The van der Waals surface area contributed by atoms with Gasteiger partial charge in [0, 0.05) is 44.9 Å². The molecule has 7 heteroatoms. The van der Waals surface area contributed by atoms with Crippen molar-refractivity contribution in [2.24, 2.45) is 0 Å². The molecular weight excluding hydrogens is 342 g/mol. The number of fused-ring (bicyclic) bond motifs is 4. The van der Waals surface area contributed by atoms with E-state index in [1.165, 1.54) is 0 Å². The summed E-state index contributed by atoms with van der Waals surface area (Å²) < 4.78 is 5.10. The molecule has 7 nitrogen and oxygen atoms in total. The average Bonchev–Trinajstić information content (AvgIpc) is 2.96. The first-order valence-electron chi connectivity index (χ1n) is 9.28. The van der Waals surface area contributed by atoms with Crippen molar-refractivity contribution in [1.29, 1.82) is 0 Å². The third-order valence-electron chi connectivity index (χ3n) is 5.27. The summed E-state index contributed by atoms with van der Waals surface area (Å²) in [5.41, 5.74) is 3.06. The maximum atomic E-state index is 12.6. The molecule has 0 spiro atoms. The van der Waals surface area contributed by atoms with E-state index in [1.807, 2.05) is 54.2 Å². The molecule has 2 aliphatic rings. The van der Waals surface area contributed by atoms with Crippen LogP contribution in [-0.2, 0) is 16.0 Å². The van der Waals surface area contributed by atoms with E-state index in [4.69, 9.17) is 14.7 Å². The van der Waals surface area contributed by atoms with Gasteiger partial charge in [-0.2, -0.15) is 4.98 Å². The Labute approximate surface area is 159 Å². The van der Waals surface area contributed by atoms with Gasteiger partial charge in [0.15, 0.2) is 0 Å². The Kier molecular flexibility index (Phi) is 4.70. The van der Waals surface area contributed by atoms with Crippen LogP contribution in [0, 0.1) is 0 Å².